The molecule has 0 fully saturated rings. The number of hydrogen-bond donors (Lipinski definition) is 1. The van der Waals surface area contributed by atoms with Crippen LogP contribution in [0.2, 0.25) is 0 Å². The topological polar surface area (TPSA) is 72.5 Å². The van der Waals surface area contributed by atoms with Crippen LogP contribution in [0, 0.1) is 19.7 Å². The molecule has 5 nitrogen and oxygen atoms in total. The van der Waals surface area contributed by atoms with Crippen molar-refractivity contribution in [1.82, 2.24) is 0 Å². The van der Waals surface area contributed by atoms with Crippen molar-refractivity contribution in [3.63, 3.8) is 0 Å². The van der Waals surface area contributed by atoms with Gasteiger partial charge in [-0.2, -0.15) is 0 Å². The van der Waals surface area contributed by atoms with E-state index in [9.17, 15) is 18.8 Å². The number of carbonyl (C=O) groups is 3. The van der Waals surface area contributed by atoms with Crippen molar-refractivity contribution in [2.75, 3.05) is 11.1 Å². The average Bonchev–Trinajstić information content (AvgIpc) is 2.69. The number of hydrogen-bond acceptors (Lipinski definition) is 5. The van der Waals surface area contributed by atoms with Gasteiger partial charge in [-0.1, -0.05) is 12.1 Å². The Labute approximate surface area is 174 Å². The second-order valence-electron chi connectivity index (χ2n) is 6.75. The number of carbonyl (C=O) groups excluding carboxylic acids is 3. The molecule has 2 unspecified atom stereocenters. The Morgan fingerprint density at radius 3 is 2.31 bits per heavy atom. The van der Waals surface area contributed by atoms with Crippen LogP contribution in [0.4, 0.5) is 10.1 Å². The molecule has 29 heavy (non-hydrogen) atoms. The highest BCUT2D eigenvalue weighted by Crippen LogP contribution is 2.17. The van der Waals surface area contributed by atoms with Crippen molar-refractivity contribution in [2.24, 2.45) is 0 Å². The summed E-state index contributed by atoms with van der Waals surface area (Å²) in [6.45, 7) is 7.02. The summed E-state index contributed by atoms with van der Waals surface area (Å²) in [5.41, 5.74) is 3.04. The zero-order valence-electron chi connectivity index (χ0n) is 16.8. The zero-order valence-corrected chi connectivity index (χ0v) is 17.6. The van der Waals surface area contributed by atoms with Gasteiger partial charge in [-0.15, -0.1) is 11.8 Å². The van der Waals surface area contributed by atoms with Crippen LogP contribution in [0.1, 0.15) is 35.3 Å². The minimum absolute atomic E-state index is 0.0210. The predicted molar refractivity (Wildman–Crippen MR) is 113 cm³/mol. The van der Waals surface area contributed by atoms with Crippen molar-refractivity contribution in [3.05, 3.63) is 65.0 Å². The SMILES string of the molecule is Cc1ccc(C(=O)C(C)OC(=O)C(C)SCC(=O)Nc2ccc(F)cc2)cc1C. The molecule has 7 heteroatoms. The van der Waals surface area contributed by atoms with E-state index in [2.05, 4.69) is 5.32 Å². The normalized spacial score (nSPS) is 12.7. The van der Waals surface area contributed by atoms with Gasteiger partial charge >= 0.3 is 5.97 Å². The highest BCUT2D eigenvalue weighted by molar-refractivity contribution is 8.01. The monoisotopic (exact) mass is 417 g/mol. The van der Waals surface area contributed by atoms with Crippen molar-refractivity contribution >= 4 is 35.1 Å². The fourth-order valence-electron chi connectivity index (χ4n) is 2.45. The Balaban J connectivity index is 1.82. The summed E-state index contributed by atoms with van der Waals surface area (Å²) < 4.78 is 18.2. The number of esters is 1. The van der Waals surface area contributed by atoms with Crippen LogP contribution in [-0.4, -0.2) is 34.8 Å². The second kappa shape index (κ2) is 10.2. The molecule has 0 spiro atoms. The van der Waals surface area contributed by atoms with Crippen LogP contribution >= 0.6 is 11.8 Å². The standard InChI is InChI=1S/C22H24FNO4S/c1-13-5-6-17(11-14(13)2)21(26)15(3)28-22(27)16(4)29-12-20(25)24-19-9-7-18(23)8-10-19/h5-11,15-16H,12H2,1-4H3,(H,24,25). The summed E-state index contributed by atoms with van der Waals surface area (Å²) in [4.78, 5) is 36.7. The number of thioether (sulfide) groups is 1. The lowest BCUT2D eigenvalue weighted by molar-refractivity contribution is -0.145. The molecule has 0 aliphatic carbocycles. The molecule has 0 aliphatic rings. The molecule has 0 aliphatic heterocycles. The fraction of sp³-hybridized carbons (Fsp3) is 0.318. The van der Waals surface area contributed by atoms with Crippen LogP contribution in [0.3, 0.4) is 0 Å². The molecule has 0 heterocycles. The van der Waals surface area contributed by atoms with E-state index in [1.54, 1.807) is 19.1 Å². The molecule has 2 atom stereocenters. The molecule has 1 amide bonds. The van der Waals surface area contributed by atoms with Gasteiger partial charge < -0.3 is 10.1 Å². The van der Waals surface area contributed by atoms with Gasteiger partial charge in [-0.3, -0.25) is 14.4 Å². The first kappa shape index (κ1) is 22.6. The van der Waals surface area contributed by atoms with Gasteiger partial charge in [0.25, 0.3) is 0 Å². The smallest absolute Gasteiger partial charge is 0.319 e. The second-order valence-corrected chi connectivity index (χ2v) is 8.08. The summed E-state index contributed by atoms with van der Waals surface area (Å²) in [6, 6.07) is 10.8. The van der Waals surface area contributed by atoms with E-state index in [0.29, 0.717) is 11.3 Å². The third-order valence-electron chi connectivity index (χ3n) is 4.38. The van der Waals surface area contributed by atoms with Gasteiger partial charge in [-0.25, -0.2) is 4.39 Å². The summed E-state index contributed by atoms with van der Waals surface area (Å²) in [5.74, 6) is -1.52. The van der Waals surface area contributed by atoms with E-state index in [1.165, 1.54) is 31.2 Å². The lowest BCUT2D eigenvalue weighted by Gasteiger charge is -2.16. The number of nitrogens with one attached hydrogen (secondary N) is 1. The van der Waals surface area contributed by atoms with E-state index in [4.69, 9.17) is 4.74 Å². The third-order valence-corrected chi connectivity index (χ3v) is 5.50. The maximum atomic E-state index is 12.9. The molecule has 0 radical (unpaired) electrons. The largest absolute Gasteiger partial charge is 0.453 e. The van der Waals surface area contributed by atoms with E-state index in [0.717, 1.165) is 22.9 Å². The predicted octanol–water partition coefficient (Wildman–Crippen LogP) is 4.32. The number of ketones is 1. The Bertz CT molecular complexity index is 898. The van der Waals surface area contributed by atoms with Gasteiger partial charge in [0.05, 0.1) is 5.75 Å². The molecule has 0 bridgehead atoms. The van der Waals surface area contributed by atoms with Gasteiger partial charge in [-0.05, 0) is 69.2 Å². The Morgan fingerprint density at radius 1 is 1.03 bits per heavy atom. The number of halogens is 1. The molecular weight excluding hydrogens is 393 g/mol. The van der Waals surface area contributed by atoms with Crippen LogP contribution < -0.4 is 5.32 Å². The van der Waals surface area contributed by atoms with Gasteiger partial charge in [0.15, 0.2) is 6.10 Å². The quantitative estimate of drug-likeness (QED) is 0.512. The first-order chi connectivity index (χ1) is 13.7. The van der Waals surface area contributed by atoms with Crippen molar-refractivity contribution in [1.29, 1.82) is 0 Å². The molecule has 2 aromatic carbocycles. The summed E-state index contributed by atoms with van der Waals surface area (Å²) in [6.07, 6.45) is -0.916. The van der Waals surface area contributed by atoms with Crippen molar-refractivity contribution in [2.45, 2.75) is 39.0 Å². The number of aryl methyl sites for hydroxylation is 2. The van der Waals surface area contributed by atoms with Gasteiger partial charge in [0, 0.05) is 11.3 Å². The lowest BCUT2D eigenvalue weighted by Crippen LogP contribution is -2.29. The molecule has 2 rings (SSSR count). The number of ether oxygens (including phenoxy) is 1. The average molecular weight is 418 g/mol. The Morgan fingerprint density at radius 2 is 1.69 bits per heavy atom. The molecule has 1 N–H and O–H groups in total. The van der Waals surface area contributed by atoms with Crippen LogP contribution in [-0.2, 0) is 14.3 Å². The minimum Gasteiger partial charge on any atom is -0.453 e. The molecule has 0 saturated heterocycles. The van der Waals surface area contributed by atoms with Gasteiger partial charge in [0.1, 0.15) is 11.1 Å². The molecule has 0 aromatic heterocycles. The first-order valence-electron chi connectivity index (χ1n) is 9.16. The van der Waals surface area contributed by atoms with Gasteiger partial charge in [0.2, 0.25) is 11.7 Å². The number of benzene rings is 2. The van der Waals surface area contributed by atoms with Crippen LogP contribution in [0.25, 0.3) is 0 Å². The molecular formula is C22H24FNO4S. The van der Waals surface area contributed by atoms with E-state index < -0.39 is 23.1 Å². The highest BCUT2D eigenvalue weighted by atomic mass is 32.2. The van der Waals surface area contributed by atoms with Crippen molar-refractivity contribution in [3.8, 4) is 0 Å². The summed E-state index contributed by atoms with van der Waals surface area (Å²) >= 11 is 1.10. The summed E-state index contributed by atoms with van der Waals surface area (Å²) in [5, 5.41) is 2.00. The maximum Gasteiger partial charge on any atom is 0.319 e. The number of rotatable bonds is 8. The molecule has 0 saturated carbocycles. The van der Waals surface area contributed by atoms with Crippen molar-refractivity contribution < 1.29 is 23.5 Å². The van der Waals surface area contributed by atoms with E-state index >= 15 is 0 Å². The number of Topliss-reactive ketones (excluding diaryl/α,β-unsaturated/α-hetero) is 1. The fourth-order valence-corrected chi connectivity index (χ4v) is 3.12. The Hall–Kier alpha value is -2.67. The maximum absolute atomic E-state index is 12.9. The minimum atomic E-state index is -0.916. The van der Waals surface area contributed by atoms with Crippen LogP contribution in [0.15, 0.2) is 42.5 Å². The third kappa shape index (κ3) is 6.71. The van der Waals surface area contributed by atoms with E-state index in [-0.39, 0.29) is 17.4 Å². The van der Waals surface area contributed by atoms with E-state index in [1.807, 2.05) is 19.9 Å². The summed E-state index contributed by atoms with van der Waals surface area (Å²) in [7, 11) is 0. The number of amides is 1. The first-order valence-corrected chi connectivity index (χ1v) is 10.2. The Kier molecular flexibility index (Phi) is 7.96. The molecule has 2 aromatic rings. The number of anilines is 1. The molecule has 154 valence electrons. The zero-order chi connectivity index (χ0) is 21.6. The van der Waals surface area contributed by atoms with Crippen LogP contribution in [0.5, 0.6) is 0 Å². The highest BCUT2D eigenvalue weighted by Gasteiger charge is 2.24. The lowest BCUT2D eigenvalue weighted by atomic mass is 10.0.